The lowest BCUT2D eigenvalue weighted by Gasteiger charge is -2.17. The van der Waals surface area contributed by atoms with E-state index >= 15 is 0 Å². The summed E-state index contributed by atoms with van der Waals surface area (Å²) in [6.45, 7) is 2.63. The number of benzene rings is 2. The van der Waals surface area contributed by atoms with E-state index in [1.807, 2.05) is 31.2 Å². The molecule has 2 N–H and O–H groups in total. The second kappa shape index (κ2) is 5.65. The summed E-state index contributed by atoms with van der Waals surface area (Å²) in [5.74, 6) is 0.871. The molecule has 3 heteroatoms. The van der Waals surface area contributed by atoms with Gasteiger partial charge in [0.05, 0.1) is 12.6 Å². The summed E-state index contributed by atoms with van der Waals surface area (Å²) in [5.41, 5.74) is 8.69. The Balaban J connectivity index is 2.08. The Kier molecular flexibility index (Phi) is 3.72. The summed E-state index contributed by atoms with van der Waals surface area (Å²) in [6, 6.07) is 16.3. The van der Waals surface area contributed by atoms with E-state index in [2.05, 4.69) is 29.6 Å². The molecule has 102 valence electrons. The Labute approximate surface area is 122 Å². The van der Waals surface area contributed by atoms with Crippen LogP contribution in [0.3, 0.4) is 0 Å². The van der Waals surface area contributed by atoms with Crippen molar-refractivity contribution in [2.24, 2.45) is 5.73 Å². The monoisotopic (exact) mass is 283 g/mol. The molecule has 0 bridgehead atoms. The van der Waals surface area contributed by atoms with Crippen molar-refractivity contribution in [2.75, 3.05) is 6.61 Å². The lowest BCUT2D eigenvalue weighted by atomic mass is 9.98. The number of fused-ring (bicyclic) bond motifs is 1. The van der Waals surface area contributed by atoms with E-state index in [1.165, 1.54) is 10.1 Å². The fourth-order valence-corrected chi connectivity index (χ4v) is 3.41. The molecule has 0 fully saturated rings. The van der Waals surface area contributed by atoms with Gasteiger partial charge in [0.15, 0.2) is 0 Å². The van der Waals surface area contributed by atoms with Crippen molar-refractivity contribution >= 4 is 21.4 Å². The van der Waals surface area contributed by atoms with E-state index < -0.39 is 0 Å². The minimum atomic E-state index is -0.167. The fourth-order valence-electron chi connectivity index (χ4n) is 2.45. The highest BCUT2D eigenvalue weighted by Gasteiger charge is 2.16. The highest BCUT2D eigenvalue weighted by molar-refractivity contribution is 7.17. The molecule has 3 rings (SSSR count). The van der Waals surface area contributed by atoms with Crippen LogP contribution in [-0.4, -0.2) is 6.61 Å². The SMILES string of the molecule is CCOc1ccccc1C(N)c1cccc2ccsc12. The van der Waals surface area contributed by atoms with E-state index in [0.717, 1.165) is 16.9 Å². The second-order valence-electron chi connectivity index (χ2n) is 4.63. The van der Waals surface area contributed by atoms with Crippen LogP contribution < -0.4 is 10.5 Å². The molecule has 0 aliphatic heterocycles. The molecule has 20 heavy (non-hydrogen) atoms. The molecule has 0 radical (unpaired) electrons. The molecule has 0 aliphatic carbocycles. The summed E-state index contributed by atoms with van der Waals surface area (Å²) in [4.78, 5) is 0. The average Bonchev–Trinajstić information content (AvgIpc) is 2.96. The van der Waals surface area contributed by atoms with Crippen LogP contribution in [0.2, 0.25) is 0 Å². The van der Waals surface area contributed by atoms with Crippen molar-refractivity contribution in [1.29, 1.82) is 0 Å². The van der Waals surface area contributed by atoms with Crippen molar-refractivity contribution < 1.29 is 4.74 Å². The molecule has 3 aromatic rings. The van der Waals surface area contributed by atoms with Gasteiger partial charge in [0.25, 0.3) is 0 Å². The summed E-state index contributed by atoms with van der Waals surface area (Å²) in [5, 5.41) is 3.35. The number of thiophene rings is 1. The number of ether oxygens (including phenoxy) is 1. The minimum Gasteiger partial charge on any atom is -0.494 e. The predicted molar refractivity (Wildman–Crippen MR) is 85.5 cm³/mol. The zero-order valence-corrected chi connectivity index (χ0v) is 12.2. The van der Waals surface area contributed by atoms with E-state index in [9.17, 15) is 0 Å². The predicted octanol–water partition coefficient (Wildman–Crippen LogP) is 4.35. The smallest absolute Gasteiger partial charge is 0.124 e. The van der Waals surface area contributed by atoms with Crippen LogP contribution in [0.4, 0.5) is 0 Å². The Morgan fingerprint density at radius 2 is 1.85 bits per heavy atom. The molecule has 1 unspecified atom stereocenters. The van der Waals surface area contributed by atoms with Crippen molar-refractivity contribution in [3.63, 3.8) is 0 Å². The summed E-state index contributed by atoms with van der Waals surface area (Å²) in [7, 11) is 0. The largest absolute Gasteiger partial charge is 0.494 e. The zero-order chi connectivity index (χ0) is 13.9. The molecular weight excluding hydrogens is 266 g/mol. The maximum absolute atomic E-state index is 6.50. The van der Waals surface area contributed by atoms with Gasteiger partial charge in [-0.25, -0.2) is 0 Å². The van der Waals surface area contributed by atoms with E-state index in [4.69, 9.17) is 10.5 Å². The van der Waals surface area contributed by atoms with Crippen molar-refractivity contribution in [3.8, 4) is 5.75 Å². The van der Waals surface area contributed by atoms with Gasteiger partial charge < -0.3 is 10.5 Å². The molecule has 0 saturated carbocycles. The number of para-hydroxylation sites is 1. The van der Waals surface area contributed by atoms with Crippen LogP contribution in [0.15, 0.2) is 53.9 Å². The summed E-state index contributed by atoms with van der Waals surface area (Å²) < 4.78 is 6.95. The Bertz CT molecular complexity index is 720. The first-order valence-corrected chi connectivity index (χ1v) is 7.62. The standard InChI is InChI=1S/C17H17NOS/c1-2-19-15-9-4-3-7-13(15)16(18)14-8-5-6-12-10-11-20-17(12)14/h3-11,16H,2,18H2,1H3. The molecule has 0 saturated heterocycles. The van der Waals surface area contributed by atoms with Gasteiger partial charge in [-0.15, -0.1) is 11.3 Å². The van der Waals surface area contributed by atoms with Crippen LogP contribution in [-0.2, 0) is 0 Å². The zero-order valence-electron chi connectivity index (χ0n) is 11.4. The van der Waals surface area contributed by atoms with Gasteiger partial charge in [-0.2, -0.15) is 0 Å². The van der Waals surface area contributed by atoms with Gasteiger partial charge in [0, 0.05) is 10.3 Å². The van der Waals surface area contributed by atoms with Gasteiger partial charge in [0.2, 0.25) is 0 Å². The van der Waals surface area contributed by atoms with Crippen LogP contribution in [0.1, 0.15) is 24.1 Å². The van der Waals surface area contributed by atoms with Gasteiger partial charge in [0.1, 0.15) is 5.75 Å². The Morgan fingerprint density at radius 3 is 2.70 bits per heavy atom. The van der Waals surface area contributed by atoms with Gasteiger partial charge in [-0.1, -0.05) is 36.4 Å². The number of rotatable bonds is 4. The van der Waals surface area contributed by atoms with Crippen molar-refractivity contribution in [2.45, 2.75) is 13.0 Å². The van der Waals surface area contributed by atoms with E-state index in [0.29, 0.717) is 6.61 Å². The van der Waals surface area contributed by atoms with Crippen LogP contribution in [0.5, 0.6) is 5.75 Å². The third-order valence-electron chi connectivity index (χ3n) is 3.40. The lowest BCUT2D eigenvalue weighted by Crippen LogP contribution is -2.13. The first-order valence-electron chi connectivity index (χ1n) is 6.74. The second-order valence-corrected chi connectivity index (χ2v) is 5.55. The van der Waals surface area contributed by atoms with Crippen LogP contribution in [0, 0.1) is 0 Å². The summed E-state index contributed by atoms with van der Waals surface area (Å²) >= 11 is 1.74. The fraction of sp³-hybridized carbons (Fsp3) is 0.176. The third-order valence-corrected chi connectivity index (χ3v) is 4.38. The minimum absolute atomic E-state index is 0.167. The molecule has 0 amide bonds. The molecule has 0 spiro atoms. The molecule has 1 aromatic heterocycles. The molecule has 1 heterocycles. The normalized spacial score (nSPS) is 12.5. The summed E-state index contributed by atoms with van der Waals surface area (Å²) in [6.07, 6.45) is 0. The van der Waals surface area contributed by atoms with Crippen molar-refractivity contribution in [3.05, 3.63) is 65.0 Å². The highest BCUT2D eigenvalue weighted by atomic mass is 32.1. The molecule has 2 nitrogen and oxygen atoms in total. The lowest BCUT2D eigenvalue weighted by molar-refractivity contribution is 0.335. The quantitative estimate of drug-likeness (QED) is 0.772. The average molecular weight is 283 g/mol. The highest BCUT2D eigenvalue weighted by Crippen LogP contribution is 2.34. The van der Waals surface area contributed by atoms with Crippen LogP contribution in [0.25, 0.3) is 10.1 Å². The number of hydrogen-bond acceptors (Lipinski definition) is 3. The van der Waals surface area contributed by atoms with Gasteiger partial charge in [-0.05, 0) is 35.4 Å². The number of hydrogen-bond donors (Lipinski definition) is 1. The van der Waals surface area contributed by atoms with E-state index in [1.54, 1.807) is 11.3 Å². The topological polar surface area (TPSA) is 35.2 Å². The Hall–Kier alpha value is -1.84. The number of nitrogens with two attached hydrogens (primary N) is 1. The first-order chi connectivity index (χ1) is 9.81. The third kappa shape index (κ3) is 2.30. The van der Waals surface area contributed by atoms with Gasteiger partial charge in [-0.3, -0.25) is 0 Å². The maximum atomic E-state index is 6.50. The molecule has 1 atom stereocenters. The molecule has 0 aliphatic rings. The van der Waals surface area contributed by atoms with Crippen LogP contribution >= 0.6 is 11.3 Å². The maximum Gasteiger partial charge on any atom is 0.124 e. The molecule has 2 aromatic carbocycles. The van der Waals surface area contributed by atoms with Gasteiger partial charge >= 0.3 is 0 Å². The Morgan fingerprint density at radius 1 is 1.05 bits per heavy atom. The molecular formula is C17H17NOS. The van der Waals surface area contributed by atoms with E-state index in [-0.39, 0.29) is 6.04 Å². The van der Waals surface area contributed by atoms with Crippen molar-refractivity contribution in [1.82, 2.24) is 0 Å². The first kappa shape index (κ1) is 13.2.